The summed E-state index contributed by atoms with van der Waals surface area (Å²) in [6.07, 6.45) is 4.38. The number of nitrogens with two attached hydrogens (primary N) is 2. The summed E-state index contributed by atoms with van der Waals surface area (Å²) in [5, 5.41) is 26.4. The van der Waals surface area contributed by atoms with Crippen LogP contribution in [0, 0.1) is 0 Å². The second-order valence-corrected chi connectivity index (χ2v) is 9.72. The maximum atomic E-state index is 13.4. The standard InChI is InChI=1S/C24H33N7O7S/c1-39-7-6-16(25)21(34)29-18(9-14-11-27-12-28-14)23(36)30-17(8-13-2-4-15(32)5-3-13)22(35)31-19(24(37)38)10-20(26)33/h2-5,11-12,16-19,32H,6-10,25H2,1H3,(H2,26,33)(H,27,28)(H,29,34)(H,30,36)(H,31,35)(H,37,38). The zero-order chi connectivity index (χ0) is 28.9. The van der Waals surface area contributed by atoms with Gasteiger partial charge in [0, 0.05) is 24.7 Å². The van der Waals surface area contributed by atoms with Crippen LogP contribution in [-0.2, 0) is 36.8 Å². The van der Waals surface area contributed by atoms with Gasteiger partial charge in [0.05, 0.1) is 18.8 Å². The topological polar surface area (TPSA) is 243 Å². The predicted molar refractivity (Wildman–Crippen MR) is 142 cm³/mol. The molecule has 0 saturated heterocycles. The molecule has 39 heavy (non-hydrogen) atoms. The Morgan fingerprint density at radius 2 is 1.56 bits per heavy atom. The number of rotatable bonds is 16. The normalized spacial score (nSPS) is 13.9. The van der Waals surface area contributed by atoms with Gasteiger partial charge in [0.15, 0.2) is 0 Å². The molecular weight excluding hydrogens is 530 g/mol. The van der Waals surface area contributed by atoms with Crippen molar-refractivity contribution >= 4 is 41.4 Å². The van der Waals surface area contributed by atoms with Crippen molar-refractivity contribution < 1.29 is 34.2 Å². The van der Waals surface area contributed by atoms with Crippen LogP contribution >= 0.6 is 11.8 Å². The number of carboxylic acid groups (broad SMARTS) is 1. The lowest BCUT2D eigenvalue weighted by Gasteiger charge is -2.25. The van der Waals surface area contributed by atoms with Gasteiger partial charge in [0.25, 0.3) is 0 Å². The molecule has 4 atom stereocenters. The molecule has 0 aliphatic heterocycles. The molecule has 2 rings (SSSR count). The van der Waals surface area contributed by atoms with Gasteiger partial charge in [-0.05, 0) is 36.1 Å². The molecule has 212 valence electrons. The van der Waals surface area contributed by atoms with Gasteiger partial charge in [0.2, 0.25) is 23.6 Å². The minimum Gasteiger partial charge on any atom is -0.508 e. The highest BCUT2D eigenvalue weighted by Crippen LogP contribution is 2.12. The lowest BCUT2D eigenvalue weighted by atomic mass is 10.0. The van der Waals surface area contributed by atoms with E-state index in [2.05, 4.69) is 25.9 Å². The number of amides is 4. The van der Waals surface area contributed by atoms with E-state index in [9.17, 15) is 34.2 Å². The van der Waals surface area contributed by atoms with Crippen molar-refractivity contribution in [2.24, 2.45) is 11.5 Å². The summed E-state index contributed by atoms with van der Waals surface area (Å²) < 4.78 is 0. The Hall–Kier alpha value is -4.11. The van der Waals surface area contributed by atoms with Gasteiger partial charge in [-0.2, -0.15) is 11.8 Å². The maximum absolute atomic E-state index is 13.4. The molecule has 1 aromatic heterocycles. The highest BCUT2D eigenvalue weighted by molar-refractivity contribution is 7.98. The van der Waals surface area contributed by atoms with E-state index < -0.39 is 60.2 Å². The number of nitrogens with one attached hydrogen (secondary N) is 4. The lowest BCUT2D eigenvalue weighted by molar-refractivity contribution is -0.143. The Labute approximate surface area is 228 Å². The van der Waals surface area contributed by atoms with Gasteiger partial charge < -0.3 is 42.6 Å². The zero-order valence-electron chi connectivity index (χ0n) is 21.3. The van der Waals surface area contributed by atoms with E-state index >= 15 is 0 Å². The number of aromatic hydroxyl groups is 1. The Balaban J connectivity index is 2.28. The summed E-state index contributed by atoms with van der Waals surface area (Å²) in [5.41, 5.74) is 12.1. The number of aromatic nitrogens is 2. The molecule has 0 aliphatic carbocycles. The van der Waals surface area contributed by atoms with Crippen LogP contribution in [0.2, 0.25) is 0 Å². The van der Waals surface area contributed by atoms with Gasteiger partial charge in [-0.3, -0.25) is 19.2 Å². The molecule has 10 N–H and O–H groups in total. The number of carbonyl (C=O) groups is 5. The van der Waals surface area contributed by atoms with Crippen LogP contribution in [0.1, 0.15) is 24.1 Å². The Morgan fingerprint density at radius 1 is 0.974 bits per heavy atom. The Bertz CT molecular complexity index is 1130. The first-order valence-corrected chi connectivity index (χ1v) is 13.3. The van der Waals surface area contributed by atoms with Crippen LogP contribution in [0.25, 0.3) is 0 Å². The van der Waals surface area contributed by atoms with Crippen molar-refractivity contribution in [1.82, 2.24) is 25.9 Å². The SMILES string of the molecule is CSCCC(N)C(=O)NC(Cc1cnc[nH]1)C(=O)NC(Cc1ccc(O)cc1)C(=O)NC(CC(N)=O)C(=O)O. The largest absolute Gasteiger partial charge is 0.508 e. The Morgan fingerprint density at radius 3 is 2.10 bits per heavy atom. The van der Waals surface area contributed by atoms with Crippen molar-refractivity contribution in [2.75, 3.05) is 12.0 Å². The summed E-state index contributed by atoms with van der Waals surface area (Å²) in [6, 6.07) is 0.855. The fourth-order valence-electron chi connectivity index (χ4n) is 3.50. The number of phenolic OH excluding ortho intramolecular Hbond substituents is 1. The number of primary amides is 1. The molecule has 2 aromatic rings. The smallest absolute Gasteiger partial charge is 0.326 e. The number of phenols is 1. The third kappa shape index (κ3) is 10.6. The maximum Gasteiger partial charge on any atom is 0.326 e. The zero-order valence-corrected chi connectivity index (χ0v) is 22.1. The van der Waals surface area contributed by atoms with Crippen LogP contribution in [0.15, 0.2) is 36.8 Å². The summed E-state index contributed by atoms with van der Waals surface area (Å²) >= 11 is 1.52. The molecule has 0 radical (unpaired) electrons. The highest BCUT2D eigenvalue weighted by atomic mass is 32.2. The molecule has 0 saturated carbocycles. The fraction of sp³-hybridized carbons (Fsp3) is 0.417. The van der Waals surface area contributed by atoms with Crippen molar-refractivity contribution in [1.29, 1.82) is 0 Å². The monoisotopic (exact) mass is 563 g/mol. The molecule has 0 aliphatic rings. The molecular formula is C24H33N7O7S. The number of aliphatic carboxylic acids is 1. The number of nitrogens with zero attached hydrogens (tertiary/aromatic N) is 1. The molecule has 0 fully saturated rings. The molecule has 4 unspecified atom stereocenters. The van der Waals surface area contributed by atoms with Crippen LogP contribution < -0.4 is 27.4 Å². The number of carbonyl (C=O) groups excluding carboxylic acids is 4. The minimum absolute atomic E-state index is 0.000203. The molecule has 1 aromatic carbocycles. The average Bonchev–Trinajstić information content (AvgIpc) is 3.40. The van der Waals surface area contributed by atoms with Crippen LogP contribution in [0.3, 0.4) is 0 Å². The molecule has 1 heterocycles. The number of benzene rings is 1. The predicted octanol–water partition coefficient (Wildman–Crippen LogP) is -1.60. The van der Waals surface area contributed by atoms with Crippen molar-refractivity contribution in [2.45, 2.75) is 49.9 Å². The van der Waals surface area contributed by atoms with Crippen LogP contribution in [-0.4, -0.2) is 86.0 Å². The second kappa shape index (κ2) is 15.3. The van der Waals surface area contributed by atoms with E-state index in [0.29, 0.717) is 23.4 Å². The number of hydrogen-bond donors (Lipinski definition) is 8. The number of thioether (sulfide) groups is 1. The number of aromatic amines is 1. The van der Waals surface area contributed by atoms with E-state index in [0.717, 1.165) is 0 Å². The quantitative estimate of drug-likeness (QED) is 0.116. The Kier molecular flexibility index (Phi) is 12.2. The summed E-state index contributed by atoms with van der Waals surface area (Å²) in [5.74, 6) is -4.00. The first-order valence-electron chi connectivity index (χ1n) is 11.9. The summed E-state index contributed by atoms with van der Waals surface area (Å²) in [4.78, 5) is 68.8. The van der Waals surface area contributed by atoms with Gasteiger partial charge in [0.1, 0.15) is 23.9 Å². The average molecular weight is 564 g/mol. The van der Waals surface area contributed by atoms with Crippen molar-refractivity contribution in [3.63, 3.8) is 0 Å². The molecule has 14 nitrogen and oxygen atoms in total. The third-order valence-electron chi connectivity index (χ3n) is 5.61. The second-order valence-electron chi connectivity index (χ2n) is 8.73. The van der Waals surface area contributed by atoms with Crippen molar-refractivity contribution in [3.8, 4) is 5.75 Å². The minimum atomic E-state index is -1.62. The van der Waals surface area contributed by atoms with Gasteiger partial charge in [-0.25, -0.2) is 9.78 Å². The first kappa shape index (κ1) is 31.1. The lowest BCUT2D eigenvalue weighted by Crippen LogP contribution is -2.58. The summed E-state index contributed by atoms with van der Waals surface area (Å²) in [6.45, 7) is 0. The number of carboxylic acids is 1. The fourth-order valence-corrected chi connectivity index (χ4v) is 3.99. The number of H-pyrrole nitrogens is 1. The molecule has 0 bridgehead atoms. The van der Waals surface area contributed by atoms with E-state index in [-0.39, 0.29) is 18.6 Å². The number of hydrogen-bond acceptors (Lipinski definition) is 9. The van der Waals surface area contributed by atoms with Crippen molar-refractivity contribution in [3.05, 3.63) is 48.0 Å². The van der Waals surface area contributed by atoms with Gasteiger partial charge >= 0.3 is 5.97 Å². The molecule has 4 amide bonds. The molecule has 15 heteroatoms. The summed E-state index contributed by atoms with van der Waals surface area (Å²) in [7, 11) is 0. The van der Waals surface area contributed by atoms with E-state index in [1.807, 2.05) is 6.26 Å². The highest BCUT2D eigenvalue weighted by Gasteiger charge is 2.31. The van der Waals surface area contributed by atoms with E-state index in [1.165, 1.54) is 48.6 Å². The first-order chi connectivity index (χ1) is 18.5. The molecule has 0 spiro atoms. The van der Waals surface area contributed by atoms with Crippen LogP contribution in [0.5, 0.6) is 5.75 Å². The van der Waals surface area contributed by atoms with E-state index in [4.69, 9.17) is 11.5 Å². The van der Waals surface area contributed by atoms with Gasteiger partial charge in [-0.15, -0.1) is 0 Å². The van der Waals surface area contributed by atoms with Crippen LogP contribution in [0.4, 0.5) is 0 Å². The third-order valence-corrected chi connectivity index (χ3v) is 6.25. The van der Waals surface area contributed by atoms with E-state index in [1.54, 1.807) is 0 Å². The number of imidazole rings is 1. The van der Waals surface area contributed by atoms with Gasteiger partial charge in [-0.1, -0.05) is 12.1 Å².